The third kappa shape index (κ3) is 3.28. The molecule has 8 heteroatoms. The second kappa shape index (κ2) is 8.31. The number of rotatable bonds is 3. The Kier molecular flexibility index (Phi) is 5.01. The van der Waals surface area contributed by atoms with Crippen molar-refractivity contribution in [1.29, 1.82) is 0 Å². The van der Waals surface area contributed by atoms with Gasteiger partial charge in [-0.2, -0.15) is 0 Å². The number of halogens is 1. The van der Waals surface area contributed by atoms with Crippen LogP contribution in [0.4, 0.5) is 5.69 Å². The van der Waals surface area contributed by atoms with Crippen LogP contribution in [0.25, 0.3) is 6.08 Å². The fraction of sp³-hybridized carbons (Fsp3) is 0.207. The van der Waals surface area contributed by atoms with E-state index in [1.807, 2.05) is 53.6 Å². The summed E-state index contributed by atoms with van der Waals surface area (Å²) in [5, 5.41) is 0. The molecule has 0 radical (unpaired) electrons. The second-order valence-electron chi connectivity index (χ2n) is 9.54. The monoisotopic (exact) mass is 556 g/mol. The molecule has 0 N–H and O–H groups in total. The summed E-state index contributed by atoms with van der Waals surface area (Å²) in [7, 11) is 0. The van der Waals surface area contributed by atoms with E-state index in [0.717, 1.165) is 15.6 Å². The van der Waals surface area contributed by atoms with Gasteiger partial charge in [0.05, 0.1) is 23.6 Å². The second-order valence-corrected chi connectivity index (χ2v) is 10.5. The number of hydrogen-bond acceptors (Lipinski definition) is 6. The summed E-state index contributed by atoms with van der Waals surface area (Å²) < 4.78 is 12.2. The first-order valence-electron chi connectivity index (χ1n) is 12.1. The molecule has 4 aliphatic rings. The van der Waals surface area contributed by atoms with Crippen LogP contribution >= 0.6 is 15.9 Å². The molecule has 0 spiro atoms. The molecule has 37 heavy (non-hydrogen) atoms. The number of amides is 2. The number of ether oxygens (including phenoxy) is 2. The Balaban J connectivity index is 1.35. The summed E-state index contributed by atoms with van der Waals surface area (Å²) >= 11 is 3.42. The molecule has 184 valence electrons. The van der Waals surface area contributed by atoms with Crippen molar-refractivity contribution in [2.45, 2.75) is 12.1 Å². The SMILES string of the molecule is O=C(c1ccc(Br)cc1)[C@H]1[C@H]2C(=O)N(c3ccc4c(c3)OCCO4)C(=O)[C@H]2[C@@H]2c3ccccc3C=CN12. The molecule has 2 amide bonds. The molecule has 4 heterocycles. The van der Waals surface area contributed by atoms with E-state index in [1.54, 1.807) is 30.3 Å². The third-order valence-corrected chi connectivity index (χ3v) is 8.17. The van der Waals surface area contributed by atoms with E-state index < -0.39 is 23.9 Å². The van der Waals surface area contributed by atoms with Gasteiger partial charge in [-0.3, -0.25) is 14.4 Å². The normalized spacial score (nSPS) is 25.1. The lowest BCUT2D eigenvalue weighted by Crippen LogP contribution is -2.44. The van der Waals surface area contributed by atoms with Crippen molar-refractivity contribution in [3.05, 3.63) is 94.1 Å². The van der Waals surface area contributed by atoms with E-state index in [2.05, 4.69) is 15.9 Å². The van der Waals surface area contributed by atoms with Crippen LogP contribution in [0.3, 0.4) is 0 Å². The smallest absolute Gasteiger partial charge is 0.240 e. The molecule has 0 unspecified atom stereocenters. The number of imide groups is 1. The molecule has 0 bridgehead atoms. The Hall–Kier alpha value is -3.91. The first-order chi connectivity index (χ1) is 18.0. The molecule has 0 aliphatic carbocycles. The minimum Gasteiger partial charge on any atom is -0.486 e. The highest BCUT2D eigenvalue weighted by Crippen LogP contribution is 2.54. The predicted molar refractivity (Wildman–Crippen MR) is 139 cm³/mol. The van der Waals surface area contributed by atoms with Crippen molar-refractivity contribution < 1.29 is 23.9 Å². The molecule has 4 aliphatic heterocycles. The Bertz CT molecular complexity index is 1500. The molecule has 3 aromatic rings. The predicted octanol–water partition coefficient (Wildman–Crippen LogP) is 4.62. The Labute approximate surface area is 221 Å². The summed E-state index contributed by atoms with van der Waals surface area (Å²) in [5.74, 6) is -1.31. The molecular formula is C29H21BrN2O5. The van der Waals surface area contributed by atoms with Gasteiger partial charge in [0.1, 0.15) is 19.3 Å². The van der Waals surface area contributed by atoms with Crippen LogP contribution in [0.5, 0.6) is 11.5 Å². The van der Waals surface area contributed by atoms with E-state index in [1.165, 1.54) is 4.90 Å². The van der Waals surface area contributed by atoms with E-state index in [9.17, 15) is 14.4 Å². The average Bonchev–Trinajstić information content (AvgIpc) is 3.40. The number of fused-ring (bicyclic) bond motifs is 6. The van der Waals surface area contributed by atoms with E-state index in [-0.39, 0.29) is 17.6 Å². The number of nitrogens with zero attached hydrogens (tertiary/aromatic N) is 2. The molecule has 2 saturated heterocycles. The van der Waals surface area contributed by atoms with Gasteiger partial charge in [-0.25, -0.2) is 4.90 Å². The first-order valence-corrected chi connectivity index (χ1v) is 12.9. The van der Waals surface area contributed by atoms with Crippen LogP contribution in [-0.2, 0) is 9.59 Å². The highest BCUT2D eigenvalue weighted by Gasteiger charge is 2.64. The third-order valence-electron chi connectivity index (χ3n) is 7.64. The van der Waals surface area contributed by atoms with Gasteiger partial charge < -0.3 is 14.4 Å². The van der Waals surface area contributed by atoms with Gasteiger partial charge in [0.2, 0.25) is 11.8 Å². The fourth-order valence-corrected chi connectivity index (χ4v) is 6.33. The van der Waals surface area contributed by atoms with Gasteiger partial charge in [-0.05, 0) is 41.5 Å². The number of benzene rings is 3. The van der Waals surface area contributed by atoms with Crippen LogP contribution in [0.2, 0.25) is 0 Å². The zero-order valence-corrected chi connectivity index (χ0v) is 21.1. The minimum absolute atomic E-state index is 0.181. The number of ketones is 1. The summed E-state index contributed by atoms with van der Waals surface area (Å²) in [6.07, 6.45) is 3.81. The zero-order chi connectivity index (χ0) is 25.3. The lowest BCUT2D eigenvalue weighted by molar-refractivity contribution is -0.123. The van der Waals surface area contributed by atoms with Gasteiger partial charge in [0.15, 0.2) is 17.3 Å². The molecular weight excluding hydrogens is 536 g/mol. The fourth-order valence-electron chi connectivity index (χ4n) is 6.07. The first kappa shape index (κ1) is 22.3. The molecule has 2 fully saturated rings. The van der Waals surface area contributed by atoms with Gasteiger partial charge in [0, 0.05) is 22.3 Å². The van der Waals surface area contributed by atoms with Crippen molar-refractivity contribution >= 4 is 45.3 Å². The number of carbonyl (C=O) groups is 3. The van der Waals surface area contributed by atoms with Gasteiger partial charge in [-0.1, -0.05) is 52.3 Å². The maximum atomic E-state index is 14.0. The minimum atomic E-state index is -0.822. The number of Topliss-reactive ketones (excluding diaryl/α,β-unsaturated/α-hetero) is 1. The molecule has 4 atom stereocenters. The van der Waals surface area contributed by atoms with Crippen LogP contribution < -0.4 is 14.4 Å². The lowest BCUT2D eigenvalue weighted by Gasteiger charge is -2.35. The Morgan fingerprint density at radius 2 is 1.59 bits per heavy atom. The number of hydrogen-bond donors (Lipinski definition) is 0. The highest BCUT2D eigenvalue weighted by molar-refractivity contribution is 9.10. The zero-order valence-electron chi connectivity index (χ0n) is 19.5. The van der Waals surface area contributed by atoms with Crippen LogP contribution in [0.1, 0.15) is 27.5 Å². The van der Waals surface area contributed by atoms with Crippen molar-refractivity contribution in [1.82, 2.24) is 4.90 Å². The van der Waals surface area contributed by atoms with E-state index in [0.29, 0.717) is 36.0 Å². The van der Waals surface area contributed by atoms with E-state index in [4.69, 9.17) is 9.47 Å². The standard InChI is InChI=1S/C29H21BrN2O5/c30-18-7-5-17(6-8-18)27(33)26-24-23(25-20-4-2-1-3-16(20)11-12-31(25)26)28(34)32(29(24)35)19-9-10-21-22(15-19)37-14-13-36-21/h1-12,15,23-26H,13-14H2/t23-,24+,25+,26-/m1/s1. The van der Waals surface area contributed by atoms with Crippen molar-refractivity contribution in [2.75, 3.05) is 18.1 Å². The van der Waals surface area contributed by atoms with Gasteiger partial charge in [0.25, 0.3) is 0 Å². The maximum absolute atomic E-state index is 14.0. The Morgan fingerprint density at radius 3 is 2.41 bits per heavy atom. The largest absolute Gasteiger partial charge is 0.486 e. The van der Waals surface area contributed by atoms with Gasteiger partial charge >= 0.3 is 0 Å². The molecule has 7 rings (SSSR count). The quantitative estimate of drug-likeness (QED) is 0.346. The molecule has 3 aromatic carbocycles. The van der Waals surface area contributed by atoms with Crippen LogP contribution in [0.15, 0.2) is 77.4 Å². The highest BCUT2D eigenvalue weighted by atomic mass is 79.9. The summed E-state index contributed by atoms with van der Waals surface area (Å²) in [5.41, 5.74) is 2.85. The molecule has 0 saturated carbocycles. The summed E-state index contributed by atoms with van der Waals surface area (Å²) in [6, 6.07) is 18.8. The number of anilines is 1. The molecule has 7 nitrogen and oxygen atoms in total. The van der Waals surface area contributed by atoms with Crippen molar-refractivity contribution in [3.8, 4) is 11.5 Å². The van der Waals surface area contributed by atoms with E-state index >= 15 is 0 Å². The van der Waals surface area contributed by atoms with Gasteiger partial charge in [-0.15, -0.1) is 0 Å². The van der Waals surface area contributed by atoms with Crippen LogP contribution in [-0.4, -0.2) is 41.8 Å². The Morgan fingerprint density at radius 1 is 0.865 bits per heavy atom. The summed E-state index contributed by atoms with van der Waals surface area (Å²) in [6.45, 7) is 0.843. The topological polar surface area (TPSA) is 76.1 Å². The van der Waals surface area contributed by atoms with Crippen LogP contribution in [0, 0.1) is 11.8 Å². The maximum Gasteiger partial charge on any atom is 0.240 e. The van der Waals surface area contributed by atoms with Crippen molar-refractivity contribution in [2.24, 2.45) is 11.8 Å². The van der Waals surface area contributed by atoms with Crippen molar-refractivity contribution in [3.63, 3.8) is 0 Å². The molecule has 0 aromatic heterocycles. The number of carbonyl (C=O) groups excluding carboxylic acids is 3. The lowest BCUT2D eigenvalue weighted by atomic mass is 9.83. The average molecular weight is 557 g/mol. The summed E-state index contributed by atoms with van der Waals surface area (Å²) in [4.78, 5) is 45.2.